The molecule has 3 N–H and O–H groups in total. The van der Waals surface area contributed by atoms with E-state index in [-0.39, 0.29) is 6.10 Å². The van der Waals surface area contributed by atoms with Gasteiger partial charge in [-0.25, -0.2) is 9.97 Å². The number of nitrogens with zero attached hydrogens (tertiary/aromatic N) is 3. The third-order valence-electron chi connectivity index (χ3n) is 3.41. The van der Waals surface area contributed by atoms with Gasteiger partial charge in [-0.15, -0.1) is 0 Å². The number of nitrogens with two attached hydrogens (primary N) is 1. The maximum absolute atomic E-state index is 9.55. The largest absolute Gasteiger partial charge is 0.393 e. The summed E-state index contributed by atoms with van der Waals surface area (Å²) in [5.41, 5.74) is 6.44. The Hall–Kier alpha value is -1.20. The monoisotopic (exact) mass is 236 g/mol. The second-order valence-corrected chi connectivity index (χ2v) is 4.62. The van der Waals surface area contributed by atoms with Gasteiger partial charge in [-0.05, 0) is 31.7 Å². The van der Waals surface area contributed by atoms with Crippen molar-refractivity contribution >= 4 is 5.95 Å². The number of anilines is 1. The Morgan fingerprint density at radius 2 is 2.24 bits per heavy atom. The number of rotatable bonds is 3. The van der Waals surface area contributed by atoms with Crippen LogP contribution in [-0.2, 0) is 6.54 Å². The maximum Gasteiger partial charge on any atom is 0.225 e. The molecule has 1 fully saturated rings. The van der Waals surface area contributed by atoms with E-state index in [9.17, 15) is 5.11 Å². The van der Waals surface area contributed by atoms with Crippen LogP contribution in [0.2, 0.25) is 0 Å². The van der Waals surface area contributed by atoms with Gasteiger partial charge in [0, 0.05) is 25.8 Å². The lowest BCUT2D eigenvalue weighted by molar-refractivity contribution is 0.109. The first-order valence-corrected chi connectivity index (χ1v) is 6.15. The molecule has 5 nitrogen and oxygen atoms in total. The second-order valence-electron chi connectivity index (χ2n) is 4.62. The first-order valence-electron chi connectivity index (χ1n) is 6.15. The summed E-state index contributed by atoms with van der Waals surface area (Å²) in [6.45, 7) is 4.12. The Morgan fingerprint density at radius 3 is 2.82 bits per heavy atom. The molecule has 0 radical (unpaired) electrons. The second kappa shape index (κ2) is 5.42. The molecule has 1 aliphatic rings. The highest BCUT2D eigenvalue weighted by Crippen LogP contribution is 2.22. The zero-order valence-electron chi connectivity index (χ0n) is 10.2. The van der Waals surface area contributed by atoms with E-state index in [0.29, 0.717) is 12.5 Å². The van der Waals surface area contributed by atoms with Crippen LogP contribution < -0.4 is 10.6 Å². The van der Waals surface area contributed by atoms with Crippen molar-refractivity contribution < 1.29 is 5.11 Å². The quantitative estimate of drug-likeness (QED) is 0.801. The van der Waals surface area contributed by atoms with Gasteiger partial charge in [-0.1, -0.05) is 0 Å². The Kier molecular flexibility index (Phi) is 3.91. The van der Waals surface area contributed by atoms with Crippen LogP contribution in [0.25, 0.3) is 0 Å². The van der Waals surface area contributed by atoms with Gasteiger partial charge in [0.25, 0.3) is 0 Å². The average Bonchev–Trinajstić information content (AvgIpc) is 2.39. The molecule has 0 bridgehead atoms. The van der Waals surface area contributed by atoms with Crippen LogP contribution in [0.3, 0.4) is 0 Å². The fraction of sp³-hybridized carbons (Fsp3) is 0.667. The van der Waals surface area contributed by atoms with Crippen molar-refractivity contribution in [2.24, 2.45) is 11.7 Å². The number of aliphatic hydroxyl groups excluding tert-OH is 1. The van der Waals surface area contributed by atoms with E-state index in [1.54, 1.807) is 6.20 Å². The molecule has 1 aliphatic heterocycles. The van der Waals surface area contributed by atoms with Gasteiger partial charge in [0.1, 0.15) is 0 Å². The van der Waals surface area contributed by atoms with Gasteiger partial charge >= 0.3 is 0 Å². The molecule has 2 rings (SSSR count). The molecule has 0 saturated carbocycles. The molecule has 0 spiro atoms. The van der Waals surface area contributed by atoms with Gasteiger partial charge in [0.15, 0.2) is 0 Å². The molecule has 1 unspecified atom stereocenters. The number of aliphatic hydroxyl groups is 1. The Balaban J connectivity index is 2.00. The summed E-state index contributed by atoms with van der Waals surface area (Å²) in [5.74, 6) is 1.17. The molecule has 17 heavy (non-hydrogen) atoms. The van der Waals surface area contributed by atoms with Crippen molar-refractivity contribution in [3.63, 3.8) is 0 Å². The summed E-state index contributed by atoms with van der Waals surface area (Å²) in [4.78, 5) is 10.9. The SMILES string of the molecule is CC(O)C1CCN(c2nccc(CN)n2)CC1. The van der Waals surface area contributed by atoms with Crippen molar-refractivity contribution in [3.05, 3.63) is 18.0 Å². The first kappa shape index (κ1) is 12.3. The highest BCUT2D eigenvalue weighted by atomic mass is 16.3. The lowest BCUT2D eigenvalue weighted by Gasteiger charge is -2.33. The van der Waals surface area contributed by atoms with Crippen molar-refractivity contribution in [1.29, 1.82) is 0 Å². The number of aromatic nitrogens is 2. The topological polar surface area (TPSA) is 75.3 Å². The Labute approximate surface area is 102 Å². The van der Waals surface area contributed by atoms with Crippen LogP contribution in [0.1, 0.15) is 25.5 Å². The van der Waals surface area contributed by atoms with Crippen LogP contribution in [0.5, 0.6) is 0 Å². The third kappa shape index (κ3) is 2.92. The molecule has 5 heteroatoms. The van der Waals surface area contributed by atoms with E-state index in [1.165, 1.54) is 0 Å². The van der Waals surface area contributed by atoms with Crippen molar-refractivity contribution in [1.82, 2.24) is 9.97 Å². The average molecular weight is 236 g/mol. The van der Waals surface area contributed by atoms with Crippen LogP contribution in [0.15, 0.2) is 12.3 Å². The van der Waals surface area contributed by atoms with E-state index in [2.05, 4.69) is 14.9 Å². The lowest BCUT2D eigenvalue weighted by atomic mass is 9.92. The van der Waals surface area contributed by atoms with Crippen LogP contribution in [0.4, 0.5) is 5.95 Å². The smallest absolute Gasteiger partial charge is 0.225 e. The van der Waals surface area contributed by atoms with E-state index < -0.39 is 0 Å². The van der Waals surface area contributed by atoms with Gasteiger partial charge in [0.2, 0.25) is 5.95 Å². The van der Waals surface area contributed by atoms with Crippen molar-refractivity contribution in [3.8, 4) is 0 Å². The van der Waals surface area contributed by atoms with Gasteiger partial charge in [-0.3, -0.25) is 0 Å². The lowest BCUT2D eigenvalue weighted by Crippen LogP contribution is -2.38. The van der Waals surface area contributed by atoms with Crippen LogP contribution in [-0.4, -0.2) is 34.3 Å². The molecule has 2 heterocycles. The van der Waals surface area contributed by atoms with E-state index in [4.69, 9.17) is 5.73 Å². The predicted octanol–water partition coefficient (Wildman–Crippen LogP) is 0.533. The molecule has 1 aromatic rings. The maximum atomic E-state index is 9.55. The summed E-state index contributed by atoms with van der Waals surface area (Å²) < 4.78 is 0. The molecule has 1 atom stereocenters. The molecular weight excluding hydrogens is 216 g/mol. The van der Waals surface area contributed by atoms with E-state index in [0.717, 1.165) is 37.6 Å². The minimum absolute atomic E-state index is 0.214. The number of piperidine rings is 1. The summed E-state index contributed by atoms with van der Waals surface area (Å²) >= 11 is 0. The molecule has 0 aliphatic carbocycles. The molecule has 0 aromatic carbocycles. The van der Waals surface area contributed by atoms with Gasteiger partial charge < -0.3 is 15.7 Å². The van der Waals surface area contributed by atoms with Crippen LogP contribution >= 0.6 is 0 Å². The van der Waals surface area contributed by atoms with Crippen molar-refractivity contribution in [2.75, 3.05) is 18.0 Å². The van der Waals surface area contributed by atoms with Crippen molar-refractivity contribution in [2.45, 2.75) is 32.4 Å². The summed E-state index contributed by atoms with van der Waals surface area (Å²) in [5, 5.41) is 9.55. The Bertz CT molecular complexity index is 361. The minimum Gasteiger partial charge on any atom is -0.393 e. The standard InChI is InChI=1S/C12H20N4O/c1-9(17)10-3-6-16(7-4-10)12-14-5-2-11(8-13)15-12/h2,5,9-10,17H,3-4,6-8,13H2,1H3. The highest BCUT2D eigenvalue weighted by molar-refractivity contribution is 5.30. The predicted molar refractivity (Wildman–Crippen MR) is 66.5 cm³/mol. The summed E-state index contributed by atoms with van der Waals surface area (Å²) in [7, 11) is 0. The highest BCUT2D eigenvalue weighted by Gasteiger charge is 2.23. The zero-order valence-corrected chi connectivity index (χ0v) is 10.2. The molecule has 94 valence electrons. The Morgan fingerprint density at radius 1 is 1.53 bits per heavy atom. The normalized spacial score (nSPS) is 19.4. The molecule has 0 amide bonds. The molecule has 1 aromatic heterocycles. The third-order valence-corrected chi connectivity index (χ3v) is 3.41. The van der Waals surface area contributed by atoms with E-state index >= 15 is 0 Å². The molecule has 1 saturated heterocycles. The number of hydrogen-bond acceptors (Lipinski definition) is 5. The summed E-state index contributed by atoms with van der Waals surface area (Å²) in [6.07, 6.45) is 3.53. The fourth-order valence-corrected chi connectivity index (χ4v) is 2.23. The van der Waals surface area contributed by atoms with Gasteiger partial charge in [0.05, 0.1) is 11.8 Å². The number of hydrogen-bond donors (Lipinski definition) is 2. The van der Waals surface area contributed by atoms with E-state index in [1.807, 2.05) is 13.0 Å². The van der Waals surface area contributed by atoms with Crippen LogP contribution in [0, 0.1) is 5.92 Å². The minimum atomic E-state index is -0.214. The molecular formula is C12H20N4O. The summed E-state index contributed by atoms with van der Waals surface area (Å²) in [6, 6.07) is 1.84. The first-order chi connectivity index (χ1) is 8.20. The fourth-order valence-electron chi connectivity index (χ4n) is 2.23. The van der Waals surface area contributed by atoms with Gasteiger partial charge in [-0.2, -0.15) is 0 Å². The zero-order chi connectivity index (χ0) is 12.3.